The summed E-state index contributed by atoms with van der Waals surface area (Å²) in [6.07, 6.45) is 13.3. The largest absolute Gasteiger partial charge is 0.306 e. The van der Waals surface area contributed by atoms with Crippen molar-refractivity contribution in [2.75, 3.05) is 20.1 Å². The van der Waals surface area contributed by atoms with Gasteiger partial charge < -0.3 is 10.6 Å². The Morgan fingerprint density at radius 1 is 1.33 bits per heavy atom. The standard InChI is InChI=1S/C20H36N4/c1-5-20(3)14-17(18-9-6-10-19(21)23-22-18)12-11-16(2)8-7-13-24(4)15-20/h6,10,12,16,18-19H,5,7-9,11,13-15,21H2,1-4H3/b17-12+/t16?,18-,19?,20?/m0/s1. The first-order chi connectivity index (χ1) is 11.4. The maximum atomic E-state index is 5.90. The molecule has 2 heterocycles. The second-order valence-electron chi connectivity index (χ2n) is 8.24. The lowest BCUT2D eigenvalue weighted by Gasteiger charge is -2.34. The van der Waals surface area contributed by atoms with Crippen LogP contribution in [0, 0.1) is 11.3 Å². The highest BCUT2D eigenvalue weighted by atomic mass is 15.2. The molecule has 0 aromatic rings. The highest BCUT2D eigenvalue weighted by Crippen LogP contribution is 2.35. The van der Waals surface area contributed by atoms with E-state index in [4.69, 9.17) is 5.73 Å². The van der Waals surface area contributed by atoms with E-state index < -0.39 is 0 Å². The van der Waals surface area contributed by atoms with Gasteiger partial charge >= 0.3 is 0 Å². The summed E-state index contributed by atoms with van der Waals surface area (Å²) in [5.74, 6) is 0.736. The average Bonchev–Trinajstić information content (AvgIpc) is 2.76. The molecule has 0 amide bonds. The van der Waals surface area contributed by atoms with E-state index in [9.17, 15) is 0 Å². The molecule has 0 bridgehead atoms. The van der Waals surface area contributed by atoms with Crippen LogP contribution in [0.25, 0.3) is 0 Å². The van der Waals surface area contributed by atoms with Gasteiger partial charge in [0.05, 0.1) is 6.04 Å². The highest BCUT2D eigenvalue weighted by Gasteiger charge is 2.29. The summed E-state index contributed by atoms with van der Waals surface area (Å²) < 4.78 is 0. The molecule has 0 saturated heterocycles. The monoisotopic (exact) mass is 332 g/mol. The number of hydrogen-bond acceptors (Lipinski definition) is 4. The minimum atomic E-state index is -0.277. The van der Waals surface area contributed by atoms with E-state index in [0.717, 1.165) is 31.7 Å². The molecule has 0 aromatic heterocycles. The molecule has 0 aromatic carbocycles. The lowest BCUT2D eigenvalue weighted by atomic mass is 9.78. The van der Waals surface area contributed by atoms with E-state index in [0.29, 0.717) is 5.41 Å². The maximum Gasteiger partial charge on any atom is 0.137 e. The summed E-state index contributed by atoms with van der Waals surface area (Å²) >= 11 is 0. The van der Waals surface area contributed by atoms with Gasteiger partial charge in [-0.25, -0.2) is 0 Å². The molecule has 0 aliphatic carbocycles. The minimum Gasteiger partial charge on any atom is -0.306 e. The van der Waals surface area contributed by atoms with Crippen molar-refractivity contribution in [2.45, 2.75) is 71.5 Å². The number of nitrogens with two attached hydrogens (primary N) is 1. The zero-order chi connectivity index (χ0) is 17.6. The topological polar surface area (TPSA) is 54.0 Å². The van der Waals surface area contributed by atoms with Crippen LogP contribution in [0.2, 0.25) is 0 Å². The second kappa shape index (κ2) is 8.91. The molecule has 2 aliphatic heterocycles. The second-order valence-corrected chi connectivity index (χ2v) is 8.24. The number of rotatable bonds is 2. The predicted molar refractivity (Wildman–Crippen MR) is 102 cm³/mol. The molecule has 2 aliphatic rings. The van der Waals surface area contributed by atoms with Crippen LogP contribution < -0.4 is 5.73 Å². The minimum absolute atomic E-state index is 0.166. The first-order valence-corrected chi connectivity index (χ1v) is 9.61. The smallest absolute Gasteiger partial charge is 0.137 e. The SMILES string of the molecule is CCC1(C)C/C([C@@H]2CC=CC(N)N=N2)=C\CC(C)CCCN(C)C1. The highest BCUT2D eigenvalue weighted by molar-refractivity contribution is 5.17. The van der Waals surface area contributed by atoms with E-state index in [1.807, 2.05) is 6.08 Å². The van der Waals surface area contributed by atoms with Crippen LogP contribution in [0.4, 0.5) is 0 Å². The summed E-state index contributed by atoms with van der Waals surface area (Å²) in [6, 6.07) is 0.166. The lowest BCUT2D eigenvalue weighted by molar-refractivity contribution is 0.179. The third-order valence-electron chi connectivity index (χ3n) is 5.62. The van der Waals surface area contributed by atoms with Crippen molar-refractivity contribution < 1.29 is 0 Å². The van der Waals surface area contributed by atoms with Gasteiger partial charge in [0.1, 0.15) is 6.17 Å². The number of allylic oxidation sites excluding steroid dienone is 1. The van der Waals surface area contributed by atoms with Crippen molar-refractivity contribution in [3.8, 4) is 0 Å². The Bertz CT molecular complexity index is 482. The number of hydrogen-bond donors (Lipinski definition) is 1. The van der Waals surface area contributed by atoms with Gasteiger partial charge in [-0.2, -0.15) is 10.2 Å². The Balaban J connectivity index is 2.25. The number of azo groups is 1. The van der Waals surface area contributed by atoms with E-state index in [1.165, 1.54) is 31.4 Å². The molecule has 0 radical (unpaired) electrons. The molecule has 0 saturated carbocycles. The van der Waals surface area contributed by atoms with Crippen LogP contribution >= 0.6 is 0 Å². The van der Waals surface area contributed by atoms with E-state index in [-0.39, 0.29) is 12.2 Å². The van der Waals surface area contributed by atoms with Crippen molar-refractivity contribution in [3.63, 3.8) is 0 Å². The van der Waals surface area contributed by atoms with E-state index >= 15 is 0 Å². The summed E-state index contributed by atoms with van der Waals surface area (Å²) in [5.41, 5.74) is 7.65. The van der Waals surface area contributed by atoms with Crippen LogP contribution in [0.15, 0.2) is 34.0 Å². The van der Waals surface area contributed by atoms with E-state index in [2.05, 4.69) is 55.1 Å². The van der Waals surface area contributed by atoms with Crippen LogP contribution in [-0.2, 0) is 0 Å². The Labute approximate surface area is 148 Å². The number of nitrogens with zero attached hydrogens (tertiary/aromatic N) is 3. The molecule has 136 valence electrons. The van der Waals surface area contributed by atoms with Gasteiger partial charge in [-0.3, -0.25) is 0 Å². The third-order valence-corrected chi connectivity index (χ3v) is 5.62. The van der Waals surface area contributed by atoms with Gasteiger partial charge in [-0.1, -0.05) is 32.9 Å². The predicted octanol–water partition coefficient (Wildman–Crippen LogP) is 4.54. The Kier molecular flexibility index (Phi) is 7.17. The zero-order valence-electron chi connectivity index (χ0n) is 16.0. The molecule has 4 atom stereocenters. The first kappa shape index (κ1) is 19.3. The molecule has 4 heteroatoms. The fraction of sp³-hybridized carbons (Fsp3) is 0.800. The van der Waals surface area contributed by atoms with Crippen molar-refractivity contribution in [2.24, 2.45) is 27.3 Å². The molecule has 3 unspecified atom stereocenters. The molecular weight excluding hydrogens is 296 g/mol. The molecule has 2 rings (SSSR count). The van der Waals surface area contributed by atoms with Crippen LogP contribution in [0.3, 0.4) is 0 Å². The Hall–Kier alpha value is -1.00. The third kappa shape index (κ3) is 5.82. The zero-order valence-corrected chi connectivity index (χ0v) is 16.0. The maximum absolute atomic E-state index is 5.90. The van der Waals surface area contributed by atoms with Crippen molar-refractivity contribution >= 4 is 0 Å². The molecular formula is C20H36N4. The summed E-state index contributed by atoms with van der Waals surface area (Å²) in [5, 5.41) is 8.84. The molecule has 2 N–H and O–H groups in total. The van der Waals surface area contributed by atoms with E-state index in [1.54, 1.807) is 0 Å². The van der Waals surface area contributed by atoms with Gasteiger partial charge in [-0.15, -0.1) is 0 Å². The summed E-state index contributed by atoms with van der Waals surface area (Å²) in [7, 11) is 2.27. The van der Waals surface area contributed by atoms with Crippen LogP contribution in [-0.4, -0.2) is 37.2 Å². The molecule has 4 nitrogen and oxygen atoms in total. The van der Waals surface area contributed by atoms with Gasteiger partial charge in [0.2, 0.25) is 0 Å². The lowest BCUT2D eigenvalue weighted by Crippen LogP contribution is -2.35. The normalized spacial score (nSPS) is 38.9. The quantitative estimate of drug-likeness (QED) is 0.755. The molecule has 24 heavy (non-hydrogen) atoms. The summed E-state index contributed by atoms with van der Waals surface area (Å²) in [6.45, 7) is 9.46. The Morgan fingerprint density at radius 2 is 2.12 bits per heavy atom. The van der Waals surface area contributed by atoms with Crippen LogP contribution in [0.1, 0.15) is 59.3 Å². The van der Waals surface area contributed by atoms with Gasteiger partial charge in [0.25, 0.3) is 0 Å². The van der Waals surface area contributed by atoms with Gasteiger partial charge in [0.15, 0.2) is 0 Å². The van der Waals surface area contributed by atoms with Gasteiger partial charge in [0, 0.05) is 6.54 Å². The average molecular weight is 333 g/mol. The fourth-order valence-corrected chi connectivity index (χ4v) is 3.84. The van der Waals surface area contributed by atoms with Crippen LogP contribution in [0.5, 0.6) is 0 Å². The van der Waals surface area contributed by atoms with Gasteiger partial charge in [-0.05, 0) is 75.1 Å². The fourth-order valence-electron chi connectivity index (χ4n) is 3.84. The first-order valence-electron chi connectivity index (χ1n) is 9.61. The summed E-state index contributed by atoms with van der Waals surface area (Å²) in [4.78, 5) is 2.52. The van der Waals surface area contributed by atoms with Crippen molar-refractivity contribution in [3.05, 3.63) is 23.8 Å². The Morgan fingerprint density at radius 3 is 2.88 bits per heavy atom. The van der Waals surface area contributed by atoms with Crippen molar-refractivity contribution in [1.29, 1.82) is 0 Å². The molecule has 0 spiro atoms. The van der Waals surface area contributed by atoms with Crippen molar-refractivity contribution in [1.82, 2.24) is 4.90 Å². The molecule has 0 fully saturated rings.